The number of aromatic nitrogens is 2. The lowest BCUT2D eigenvalue weighted by Crippen LogP contribution is -2.21. The van der Waals surface area contributed by atoms with Crippen LogP contribution in [-0.2, 0) is 5.75 Å². The SMILES string of the molecule is COc1cccc(-n2c(SCc3ccccc3[N+](=O)[O-])nc3ccccc3c2=O)c1. The van der Waals surface area contributed by atoms with E-state index in [1.807, 2.05) is 6.07 Å². The van der Waals surface area contributed by atoms with Gasteiger partial charge in [0.25, 0.3) is 11.2 Å². The first-order chi connectivity index (χ1) is 14.6. The van der Waals surface area contributed by atoms with E-state index in [0.717, 1.165) is 0 Å². The third kappa shape index (κ3) is 3.77. The molecule has 0 N–H and O–H groups in total. The zero-order valence-electron chi connectivity index (χ0n) is 16.0. The van der Waals surface area contributed by atoms with Gasteiger partial charge in [-0.05, 0) is 24.3 Å². The maximum Gasteiger partial charge on any atom is 0.273 e. The summed E-state index contributed by atoms with van der Waals surface area (Å²) in [5.41, 5.74) is 1.58. The topological polar surface area (TPSA) is 87.3 Å². The quantitative estimate of drug-likeness (QED) is 0.197. The second-order valence-corrected chi connectivity index (χ2v) is 7.37. The fourth-order valence-corrected chi connectivity index (χ4v) is 4.15. The Morgan fingerprint density at radius 3 is 2.63 bits per heavy atom. The van der Waals surface area contributed by atoms with E-state index in [0.29, 0.717) is 38.8 Å². The van der Waals surface area contributed by atoms with Crippen molar-refractivity contribution >= 4 is 28.4 Å². The average Bonchev–Trinajstić information content (AvgIpc) is 2.78. The maximum atomic E-state index is 13.3. The molecule has 0 fully saturated rings. The van der Waals surface area contributed by atoms with Crippen LogP contribution in [0, 0.1) is 10.1 Å². The molecule has 7 nitrogen and oxygen atoms in total. The highest BCUT2D eigenvalue weighted by atomic mass is 32.2. The van der Waals surface area contributed by atoms with Crippen LogP contribution in [0.15, 0.2) is 82.7 Å². The summed E-state index contributed by atoms with van der Waals surface area (Å²) in [5.74, 6) is 0.911. The second-order valence-electron chi connectivity index (χ2n) is 6.43. The van der Waals surface area contributed by atoms with Gasteiger partial charge in [-0.2, -0.15) is 0 Å². The number of rotatable bonds is 6. The number of fused-ring (bicyclic) bond motifs is 1. The molecule has 0 atom stereocenters. The summed E-state index contributed by atoms with van der Waals surface area (Å²) in [7, 11) is 1.56. The van der Waals surface area contributed by atoms with Gasteiger partial charge in [0.2, 0.25) is 0 Å². The minimum atomic E-state index is -0.404. The van der Waals surface area contributed by atoms with E-state index in [2.05, 4.69) is 4.98 Å². The van der Waals surface area contributed by atoms with Crippen LogP contribution in [0.5, 0.6) is 5.75 Å². The van der Waals surface area contributed by atoms with Crippen LogP contribution in [0.25, 0.3) is 16.6 Å². The number of para-hydroxylation sites is 2. The van der Waals surface area contributed by atoms with E-state index < -0.39 is 4.92 Å². The second kappa shape index (κ2) is 8.38. The molecule has 4 rings (SSSR count). The van der Waals surface area contributed by atoms with Crippen LogP contribution in [0.4, 0.5) is 5.69 Å². The highest BCUT2D eigenvalue weighted by Crippen LogP contribution is 2.29. The molecule has 3 aromatic carbocycles. The molecule has 0 amide bonds. The maximum absolute atomic E-state index is 13.3. The van der Waals surface area contributed by atoms with Gasteiger partial charge in [-0.25, -0.2) is 4.98 Å². The summed E-state index contributed by atoms with van der Waals surface area (Å²) in [5, 5.41) is 12.3. The van der Waals surface area contributed by atoms with Gasteiger partial charge in [0.15, 0.2) is 5.16 Å². The van der Waals surface area contributed by atoms with Crippen molar-refractivity contribution < 1.29 is 9.66 Å². The molecule has 0 bridgehead atoms. The monoisotopic (exact) mass is 419 g/mol. The molecule has 0 saturated carbocycles. The molecule has 0 aliphatic heterocycles. The molecule has 4 aromatic rings. The van der Waals surface area contributed by atoms with Gasteiger partial charge in [-0.1, -0.05) is 48.2 Å². The number of benzene rings is 3. The summed E-state index contributed by atoms with van der Waals surface area (Å²) in [6, 6.07) is 20.8. The first kappa shape index (κ1) is 19.7. The van der Waals surface area contributed by atoms with E-state index in [9.17, 15) is 14.9 Å². The number of thioether (sulfide) groups is 1. The largest absolute Gasteiger partial charge is 0.497 e. The Hall–Kier alpha value is -3.65. The smallest absolute Gasteiger partial charge is 0.273 e. The fraction of sp³-hybridized carbons (Fsp3) is 0.0909. The number of nitro benzene ring substituents is 1. The number of ether oxygens (including phenoxy) is 1. The molecule has 0 spiro atoms. The van der Waals surface area contributed by atoms with E-state index in [-0.39, 0.29) is 11.2 Å². The minimum Gasteiger partial charge on any atom is -0.497 e. The molecule has 0 aliphatic rings. The molecule has 150 valence electrons. The van der Waals surface area contributed by atoms with Gasteiger partial charge in [0, 0.05) is 23.4 Å². The lowest BCUT2D eigenvalue weighted by Gasteiger charge is -2.14. The van der Waals surface area contributed by atoms with Gasteiger partial charge in [0.1, 0.15) is 5.75 Å². The van der Waals surface area contributed by atoms with Gasteiger partial charge in [-0.15, -0.1) is 0 Å². The highest BCUT2D eigenvalue weighted by molar-refractivity contribution is 7.98. The van der Waals surface area contributed by atoms with Crippen molar-refractivity contribution in [1.29, 1.82) is 0 Å². The Bertz CT molecular complexity index is 1300. The van der Waals surface area contributed by atoms with Crippen LogP contribution < -0.4 is 10.3 Å². The molecule has 0 aliphatic carbocycles. The molecule has 1 aromatic heterocycles. The summed E-state index contributed by atoms with van der Waals surface area (Å²) < 4.78 is 6.82. The van der Waals surface area contributed by atoms with Crippen molar-refractivity contribution in [2.24, 2.45) is 0 Å². The van der Waals surface area contributed by atoms with Crippen molar-refractivity contribution in [2.75, 3.05) is 7.11 Å². The van der Waals surface area contributed by atoms with Crippen LogP contribution in [0.3, 0.4) is 0 Å². The number of hydrogen-bond acceptors (Lipinski definition) is 6. The third-order valence-corrected chi connectivity index (χ3v) is 5.59. The van der Waals surface area contributed by atoms with E-state index in [1.54, 1.807) is 67.8 Å². The summed E-state index contributed by atoms with van der Waals surface area (Å²) in [6.45, 7) is 0. The molecule has 8 heteroatoms. The normalized spacial score (nSPS) is 10.8. The Labute approximate surface area is 176 Å². The first-order valence-electron chi connectivity index (χ1n) is 9.10. The Balaban J connectivity index is 1.84. The molecule has 0 radical (unpaired) electrons. The van der Waals surface area contributed by atoms with Crippen molar-refractivity contribution in [3.05, 3.63) is 98.8 Å². The third-order valence-electron chi connectivity index (χ3n) is 4.60. The predicted octanol–water partition coefficient (Wildman–Crippen LogP) is 4.59. The van der Waals surface area contributed by atoms with Crippen molar-refractivity contribution in [3.8, 4) is 11.4 Å². The Kier molecular flexibility index (Phi) is 5.49. The average molecular weight is 419 g/mol. The van der Waals surface area contributed by atoms with E-state index >= 15 is 0 Å². The fourth-order valence-electron chi connectivity index (χ4n) is 3.14. The molecule has 1 heterocycles. The summed E-state index contributed by atoms with van der Waals surface area (Å²) >= 11 is 1.28. The minimum absolute atomic E-state index is 0.0427. The number of hydrogen-bond donors (Lipinski definition) is 0. The van der Waals surface area contributed by atoms with Crippen molar-refractivity contribution in [2.45, 2.75) is 10.9 Å². The van der Waals surface area contributed by atoms with Gasteiger partial charge >= 0.3 is 0 Å². The Morgan fingerprint density at radius 2 is 1.83 bits per heavy atom. The summed E-state index contributed by atoms with van der Waals surface area (Å²) in [6.07, 6.45) is 0. The Morgan fingerprint density at radius 1 is 1.07 bits per heavy atom. The summed E-state index contributed by atoms with van der Waals surface area (Å²) in [4.78, 5) is 28.9. The lowest BCUT2D eigenvalue weighted by molar-refractivity contribution is -0.385. The van der Waals surface area contributed by atoms with Gasteiger partial charge in [-0.3, -0.25) is 19.5 Å². The van der Waals surface area contributed by atoms with Crippen LogP contribution in [0.1, 0.15) is 5.56 Å². The van der Waals surface area contributed by atoms with Crippen LogP contribution in [0.2, 0.25) is 0 Å². The predicted molar refractivity (Wildman–Crippen MR) is 117 cm³/mol. The van der Waals surface area contributed by atoms with E-state index in [1.165, 1.54) is 22.4 Å². The van der Waals surface area contributed by atoms with E-state index in [4.69, 9.17) is 4.74 Å². The standard InChI is InChI=1S/C22H17N3O4S/c1-29-17-9-6-8-16(13-17)24-21(26)18-10-3-4-11-19(18)23-22(24)30-14-15-7-2-5-12-20(15)25(27)28/h2-13H,14H2,1H3. The molecule has 0 saturated heterocycles. The van der Waals surface area contributed by atoms with Gasteiger partial charge in [0.05, 0.1) is 28.6 Å². The highest BCUT2D eigenvalue weighted by Gasteiger charge is 2.17. The molecular weight excluding hydrogens is 402 g/mol. The number of nitro groups is 1. The van der Waals surface area contributed by atoms with Crippen LogP contribution in [-0.4, -0.2) is 21.6 Å². The zero-order valence-corrected chi connectivity index (χ0v) is 16.8. The van der Waals surface area contributed by atoms with Crippen LogP contribution >= 0.6 is 11.8 Å². The number of nitrogens with zero attached hydrogens (tertiary/aromatic N) is 3. The zero-order chi connectivity index (χ0) is 21.1. The molecule has 0 unspecified atom stereocenters. The molecular formula is C22H17N3O4S. The number of methoxy groups -OCH3 is 1. The van der Waals surface area contributed by atoms with Gasteiger partial charge < -0.3 is 4.74 Å². The lowest BCUT2D eigenvalue weighted by atomic mass is 10.2. The molecule has 30 heavy (non-hydrogen) atoms. The first-order valence-corrected chi connectivity index (χ1v) is 10.1. The van der Waals surface area contributed by atoms with Crippen molar-refractivity contribution in [1.82, 2.24) is 9.55 Å². The van der Waals surface area contributed by atoms with Crippen molar-refractivity contribution in [3.63, 3.8) is 0 Å².